The Bertz CT molecular complexity index is 562. The van der Waals surface area contributed by atoms with E-state index >= 15 is 0 Å². The van der Waals surface area contributed by atoms with Crippen molar-refractivity contribution in [2.75, 3.05) is 18.6 Å². The van der Waals surface area contributed by atoms with Gasteiger partial charge >= 0.3 is 0 Å². The monoisotopic (exact) mass is 272 g/mol. The van der Waals surface area contributed by atoms with Gasteiger partial charge in [-0.3, -0.25) is 0 Å². The highest BCUT2D eigenvalue weighted by molar-refractivity contribution is 5.58. The van der Waals surface area contributed by atoms with Gasteiger partial charge in [-0.2, -0.15) is 5.26 Å². The molecule has 4 nitrogen and oxygen atoms in total. The van der Waals surface area contributed by atoms with Crippen molar-refractivity contribution in [3.8, 4) is 11.8 Å². The van der Waals surface area contributed by atoms with Crippen molar-refractivity contribution in [1.29, 1.82) is 5.26 Å². The molecule has 0 amide bonds. The van der Waals surface area contributed by atoms with Crippen LogP contribution in [-0.4, -0.2) is 30.4 Å². The average Bonchev–Trinajstić information content (AvgIpc) is 3.27. The number of hydrogen-bond acceptors (Lipinski definition) is 4. The number of benzene rings is 1. The van der Waals surface area contributed by atoms with E-state index in [9.17, 15) is 5.11 Å². The summed E-state index contributed by atoms with van der Waals surface area (Å²) in [5.74, 6) is 1.06. The second-order valence-corrected chi connectivity index (χ2v) is 5.88. The maximum atomic E-state index is 10.8. The fourth-order valence-corrected chi connectivity index (χ4v) is 3.40. The lowest BCUT2D eigenvalue weighted by molar-refractivity contribution is 0.0142. The van der Waals surface area contributed by atoms with E-state index in [1.807, 2.05) is 12.1 Å². The molecule has 1 aromatic rings. The molecule has 2 unspecified atom stereocenters. The molecule has 2 aliphatic rings. The van der Waals surface area contributed by atoms with Gasteiger partial charge in [-0.05, 0) is 44.2 Å². The van der Waals surface area contributed by atoms with E-state index < -0.39 is 5.60 Å². The van der Waals surface area contributed by atoms with Gasteiger partial charge in [0, 0.05) is 18.3 Å². The molecular weight excluding hydrogens is 252 g/mol. The molecule has 0 spiro atoms. The number of anilines is 1. The zero-order valence-corrected chi connectivity index (χ0v) is 12.0. The standard InChI is InChI=1S/C16H20N2O2/c1-11-16(19,13-4-5-13)7-8-18(11)14-6-3-12(10-17)15(9-14)20-2/h3,6,9,11,13,19H,4-5,7-8H2,1-2H3. The van der Waals surface area contributed by atoms with Crippen LogP contribution in [0.25, 0.3) is 0 Å². The number of nitriles is 1. The van der Waals surface area contributed by atoms with Crippen LogP contribution in [0.1, 0.15) is 31.7 Å². The lowest BCUT2D eigenvalue weighted by Gasteiger charge is -2.32. The minimum Gasteiger partial charge on any atom is -0.495 e. The van der Waals surface area contributed by atoms with E-state index in [1.54, 1.807) is 13.2 Å². The van der Waals surface area contributed by atoms with Gasteiger partial charge in [-0.15, -0.1) is 0 Å². The summed E-state index contributed by atoms with van der Waals surface area (Å²) in [7, 11) is 1.58. The molecule has 106 valence electrons. The van der Waals surface area contributed by atoms with Gasteiger partial charge in [0.05, 0.1) is 24.3 Å². The van der Waals surface area contributed by atoms with Crippen molar-refractivity contribution in [2.24, 2.45) is 5.92 Å². The van der Waals surface area contributed by atoms with E-state index in [2.05, 4.69) is 17.9 Å². The second kappa shape index (κ2) is 4.68. The van der Waals surface area contributed by atoms with Crippen molar-refractivity contribution >= 4 is 5.69 Å². The number of methoxy groups -OCH3 is 1. The molecule has 0 radical (unpaired) electrons. The summed E-state index contributed by atoms with van der Waals surface area (Å²) in [6, 6.07) is 7.86. The molecule has 2 fully saturated rings. The summed E-state index contributed by atoms with van der Waals surface area (Å²) in [5.41, 5.74) is 1.01. The van der Waals surface area contributed by atoms with E-state index in [0.717, 1.165) is 31.5 Å². The van der Waals surface area contributed by atoms with Crippen molar-refractivity contribution in [2.45, 2.75) is 37.8 Å². The van der Waals surface area contributed by atoms with Gasteiger partial charge in [0.15, 0.2) is 0 Å². The third-order valence-electron chi connectivity index (χ3n) is 4.87. The molecule has 1 saturated carbocycles. The molecule has 1 aliphatic carbocycles. The predicted octanol–water partition coefficient (Wildman–Crippen LogP) is 2.31. The first-order chi connectivity index (χ1) is 9.60. The number of hydrogen-bond donors (Lipinski definition) is 1. The van der Waals surface area contributed by atoms with Crippen molar-refractivity contribution in [1.82, 2.24) is 0 Å². The molecule has 1 heterocycles. The largest absolute Gasteiger partial charge is 0.495 e. The number of aliphatic hydroxyl groups is 1. The van der Waals surface area contributed by atoms with Crippen LogP contribution in [0.5, 0.6) is 5.75 Å². The van der Waals surface area contributed by atoms with E-state index in [4.69, 9.17) is 10.00 Å². The molecule has 2 atom stereocenters. The van der Waals surface area contributed by atoms with Gasteiger partial charge in [0.1, 0.15) is 11.8 Å². The van der Waals surface area contributed by atoms with Crippen LogP contribution >= 0.6 is 0 Å². The summed E-state index contributed by atoms with van der Waals surface area (Å²) in [6.07, 6.45) is 3.11. The van der Waals surface area contributed by atoms with Gasteiger partial charge in [0.25, 0.3) is 0 Å². The molecule has 4 heteroatoms. The lowest BCUT2D eigenvalue weighted by atomic mass is 9.90. The van der Waals surface area contributed by atoms with Gasteiger partial charge in [-0.25, -0.2) is 0 Å². The van der Waals surface area contributed by atoms with Gasteiger partial charge in [0.2, 0.25) is 0 Å². The molecule has 0 aromatic heterocycles. The minimum atomic E-state index is -0.554. The Morgan fingerprint density at radius 3 is 2.80 bits per heavy atom. The molecule has 0 bridgehead atoms. The highest BCUT2D eigenvalue weighted by atomic mass is 16.5. The fourth-order valence-electron chi connectivity index (χ4n) is 3.40. The Morgan fingerprint density at radius 2 is 2.20 bits per heavy atom. The van der Waals surface area contributed by atoms with Crippen molar-refractivity contribution < 1.29 is 9.84 Å². The molecule has 20 heavy (non-hydrogen) atoms. The Labute approximate surface area is 119 Å². The molecule has 3 rings (SSSR count). The van der Waals surface area contributed by atoms with Crippen LogP contribution in [0.3, 0.4) is 0 Å². The van der Waals surface area contributed by atoms with Crippen LogP contribution in [0.2, 0.25) is 0 Å². The number of ether oxygens (including phenoxy) is 1. The highest BCUT2D eigenvalue weighted by Crippen LogP contribution is 2.48. The first-order valence-corrected chi connectivity index (χ1v) is 7.17. The van der Waals surface area contributed by atoms with Crippen LogP contribution in [-0.2, 0) is 0 Å². The minimum absolute atomic E-state index is 0.104. The van der Waals surface area contributed by atoms with Crippen LogP contribution < -0.4 is 9.64 Å². The van der Waals surface area contributed by atoms with Gasteiger partial charge < -0.3 is 14.7 Å². The molecule has 1 aliphatic heterocycles. The quantitative estimate of drug-likeness (QED) is 0.917. The number of nitrogens with zero attached hydrogens (tertiary/aromatic N) is 2. The topological polar surface area (TPSA) is 56.5 Å². The zero-order chi connectivity index (χ0) is 14.3. The predicted molar refractivity (Wildman–Crippen MR) is 76.8 cm³/mol. The molecule has 1 N–H and O–H groups in total. The average molecular weight is 272 g/mol. The molecule has 1 saturated heterocycles. The first-order valence-electron chi connectivity index (χ1n) is 7.17. The van der Waals surface area contributed by atoms with Crippen molar-refractivity contribution in [3.05, 3.63) is 23.8 Å². The summed E-state index contributed by atoms with van der Waals surface area (Å²) >= 11 is 0. The van der Waals surface area contributed by atoms with Crippen LogP contribution in [0.15, 0.2) is 18.2 Å². The summed E-state index contributed by atoms with van der Waals surface area (Å²) in [6.45, 7) is 2.94. The van der Waals surface area contributed by atoms with Gasteiger partial charge in [-0.1, -0.05) is 0 Å². The summed E-state index contributed by atoms with van der Waals surface area (Å²) in [5, 5.41) is 19.9. The Hall–Kier alpha value is -1.73. The second-order valence-electron chi connectivity index (χ2n) is 5.88. The van der Waals surface area contributed by atoms with Crippen LogP contribution in [0, 0.1) is 17.2 Å². The molecule has 1 aromatic carbocycles. The molecular formula is C16H20N2O2. The SMILES string of the molecule is COc1cc(N2CCC(O)(C3CC3)C2C)ccc1C#N. The first kappa shape index (κ1) is 13.3. The third kappa shape index (κ3) is 1.94. The Balaban J connectivity index is 1.89. The smallest absolute Gasteiger partial charge is 0.138 e. The van der Waals surface area contributed by atoms with E-state index in [0.29, 0.717) is 17.2 Å². The maximum absolute atomic E-state index is 10.8. The fraction of sp³-hybridized carbons (Fsp3) is 0.562. The number of rotatable bonds is 3. The normalized spacial score (nSPS) is 29.3. The summed E-state index contributed by atoms with van der Waals surface area (Å²) < 4.78 is 5.27. The Morgan fingerprint density at radius 1 is 1.45 bits per heavy atom. The van der Waals surface area contributed by atoms with E-state index in [-0.39, 0.29) is 6.04 Å². The maximum Gasteiger partial charge on any atom is 0.138 e. The Kier molecular flexibility index (Phi) is 3.10. The van der Waals surface area contributed by atoms with Crippen molar-refractivity contribution in [3.63, 3.8) is 0 Å². The summed E-state index contributed by atoms with van der Waals surface area (Å²) in [4.78, 5) is 2.22. The lowest BCUT2D eigenvalue weighted by Crippen LogP contribution is -2.44. The third-order valence-corrected chi connectivity index (χ3v) is 4.87. The van der Waals surface area contributed by atoms with Crippen LogP contribution in [0.4, 0.5) is 5.69 Å². The highest BCUT2D eigenvalue weighted by Gasteiger charge is 2.52. The van der Waals surface area contributed by atoms with E-state index in [1.165, 1.54) is 0 Å². The zero-order valence-electron chi connectivity index (χ0n) is 12.0.